The van der Waals surface area contributed by atoms with Crippen LogP contribution in [-0.4, -0.2) is 27.4 Å². The molecule has 0 aliphatic carbocycles. The number of hydrogen-bond donors (Lipinski definition) is 2. The van der Waals surface area contributed by atoms with Gasteiger partial charge in [0.1, 0.15) is 5.75 Å². The van der Waals surface area contributed by atoms with Crippen molar-refractivity contribution in [2.75, 3.05) is 33.1 Å². The molecule has 1 rings (SSSR count). The Morgan fingerprint density at radius 1 is 1.26 bits per heavy atom. The third kappa shape index (κ3) is 5.49. The van der Waals surface area contributed by atoms with Crippen LogP contribution < -0.4 is 15.8 Å². The average Bonchev–Trinajstić information content (AvgIpc) is 2.38. The minimum absolute atomic E-state index is 0.212. The van der Waals surface area contributed by atoms with E-state index in [1.54, 1.807) is 14.2 Å². The second kappa shape index (κ2) is 7.36. The largest absolute Gasteiger partial charge is 0.497 e. The number of ether oxygens (including phenoxy) is 2. The van der Waals surface area contributed by atoms with Crippen molar-refractivity contribution in [3.63, 3.8) is 0 Å². The molecule has 1 aromatic rings. The highest BCUT2D eigenvalue weighted by Crippen LogP contribution is 2.21. The molecule has 4 heteroatoms. The quantitative estimate of drug-likeness (QED) is 0.710. The maximum atomic E-state index is 5.96. The maximum Gasteiger partial charge on any atom is 0.119 e. The van der Waals surface area contributed by atoms with Gasteiger partial charge in [-0.25, -0.2) is 0 Å². The van der Waals surface area contributed by atoms with Gasteiger partial charge in [0.25, 0.3) is 0 Å². The van der Waals surface area contributed by atoms with Gasteiger partial charge in [-0.3, -0.25) is 0 Å². The van der Waals surface area contributed by atoms with Crippen molar-refractivity contribution < 1.29 is 9.47 Å². The van der Waals surface area contributed by atoms with Crippen molar-refractivity contribution in [2.45, 2.75) is 26.8 Å². The summed E-state index contributed by atoms with van der Waals surface area (Å²) >= 11 is 0. The molecule has 0 bridgehead atoms. The second-order valence-electron chi connectivity index (χ2n) is 5.58. The highest BCUT2D eigenvalue weighted by atomic mass is 16.5. The molecule has 0 unspecified atom stereocenters. The van der Waals surface area contributed by atoms with Crippen LogP contribution in [0, 0.1) is 5.41 Å². The van der Waals surface area contributed by atoms with E-state index in [1.165, 1.54) is 0 Å². The zero-order valence-electron chi connectivity index (χ0n) is 12.5. The third-order valence-electron chi connectivity index (χ3n) is 3.25. The predicted molar refractivity (Wildman–Crippen MR) is 79.4 cm³/mol. The van der Waals surface area contributed by atoms with Gasteiger partial charge in [0.15, 0.2) is 0 Å². The van der Waals surface area contributed by atoms with Crippen LogP contribution in [0.2, 0.25) is 0 Å². The van der Waals surface area contributed by atoms with Gasteiger partial charge in [-0.2, -0.15) is 0 Å². The fraction of sp³-hybridized carbons (Fsp3) is 0.600. The Morgan fingerprint density at radius 2 is 2.00 bits per heavy atom. The summed E-state index contributed by atoms with van der Waals surface area (Å²) in [5, 5.41) is 3.45. The number of rotatable bonds is 8. The fourth-order valence-electron chi connectivity index (χ4n) is 1.86. The monoisotopic (exact) mass is 266 g/mol. The molecule has 0 heterocycles. The van der Waals surface area contributed by atoms with Crippen molar-refractivity contribution in [1.29, 1.82) is 0 Å². The number of hydrogen-bond acceptors (Lipinski definition) is 4. The number of nitrogens with two attached hydrogens (primary N) is 1. The molecule has 19 heavy (non-hydrogen) atoms. The summed E-state index contributed by atoms with van der Waals surface area (Å²) in [6.45, 7) is 6.92. The van der Waals surface area contributed by atoms with Crippen LogP contribution in [0.3, 0.4) is 0 Å². The zero-order chi connectivity index (χ0) is 14.3. The van der Waals surface area contributed by atoms with Gasteiger partial charge in [0, 0.05) is 32.5 Å². The molecule has 0 radical (unpaired) electrons. The summed E-state index contributed by atoms with van der Waals surface area (Å²) in [6, 6.07) is 5.73. The first-order valence-corrected chi connectivity index (χ1v) is 6.60. The summed E-state index contributed by atoms with van der Waals surface area (Å²) in [6.07, 6.45) is 1.03. The lowest BCUT2D eigenvalue weighted by Crippen LogP contribution is -2.30. The van der Waals surface area contributed by atoms with E-state index in [-0.39, 0.29) is 5.41 Å². The smallest absolute Gasteiger partial charge is 0.119 e. The Hall–Kier alpha value is -1.26. The SMILES string of the molecule is COCCC(C)(C)CNCc1cc(OC)ccc1N. The van der Waals surface area contributed by atoms with Gasteiger partial charge in [0.05, 0.1) is 7.11 Å². The molecular formula is C15H26N2O2. The molecule has 3 N–H and O–H groups in total. The van der Waals surface area contributed by atoms with Crippen LogP contribution in [0.15, 0.2) is 18.2 Å². The lowest BCUT2D eigenvalue weighted by molar-refractivity contribution is 0.150. The van der Waals surface area contributed by atoms with Crippen molar-refractivity contribution in [3.05, 3.63) is 23.8 Å². The highest BCUT2D eigenvalue weighted by molar-refractivity contribution is 5.50. The molecule has 0 fully saturated rings. The van der Waals surface area contributed by atoms with E-state index in [0.29, 0.717) is 0 Å². The van der Waals surface area contributed by atoms with E-state index in [4.69, 9.17) is 15.2 Å². The molecular weight excluding hydrogens is 240 g/mol. The standard InChI is InChI=1S/C15H26N2O2/c1-15(2,7-8-18-3)11-17-10-12-9-13(19-4)5-6-14(12)16/h5-6,9,17H,7-8,10-11,16H2,1-4H3. The number of nitrogen functional groups attached to an aromatic ring is 1. The third-order valence-corrected chi connectivity index (χ3v) is 3.25. The van der Waals surface area contributed by atoms with Crippen molar-refractivity contribution >= 4 is 5.69 Å². The van der Waals surface area contributed by atoms with E-state index in [0.717, 1.165) is 43.1 Å². The molecule has 0 aliphatic rings. The molecule has 108 valence electrons. The van der Waals surface area contributed by atoms with Gasteiger partial charge >= 0.3 is 0 Å². The summed E-state index contributed by atoms with van der Waals surface area (Å²) in [5.41, 5.74) is 8.04. The van der Waals surface area contributed by atoms with E-state index in [9.17, 15) is 0 Å². The number of benzene rings is 1. The molecule has 1 aromatic carbocycles. The normalized spacial score (nSPS) is 11.6. The van der Waals surface area contributed by atoms with Crippen LogP contribution in [0.4, 0.5) is 5.69 Å². The lowest BCUT2D eigenvalue weighted by Gasteiger charge is -2.25. The molecule has 0 atom stereocenters. The van der Waals surface area contributed by atoms with Crippen molar-refractivity contribution in [3.8, 4) is 5.75 Å². The molecule has 0 saturated carbocycles. The lowest BCUT2D eigenvalue weighted by atomic mass is 9.89. The van der Waals surface area contributed by atoms with Crippen LogP contribution >= 0.6 is 0 Å². The summed E-state index contributed by atoms with van der Waals surface area (Å²) in [4.78, 5) is 0. The van der Waals surface area contributed by atoms with E-state index >= 15 is 0 Å². The molecule has 0 aliphatic heterocycles. The topological polar surface area (TPSA) is 56.5 Å². The maximum absolute atomic E-state index is 5.96. The number of nitrogens with one attached hydrogen (secondary N) is 1. The number of methoxy groups -OCH3 is 2. The van der Waals surface area contributed by atoms with Gasteiger partial charge < -0.3 is 20.5 Å². The summed E-state index contributed by atoms with van der Waals surface area (Å²) in [7, 11) is 3.40. The predicted octanol–water partition coefficient (Wildman–Crippen LogP) is 2.43. The Balaban J connectivity index is 2.48. The Labute approximate surface area is 116 Å². The molecule has 4 nitrogen and oxygen atoms in total. The zero-order valence-corrected chi connectivity index (χ0v) is 12.5. The van der Waals surface area contributed by atoms with Crippen molar-refractivity contribution in [2.24, 2.45) is 5.41 Å². The number of anilines is 1. The second-order valence-corrected chi connectivity index (χ2v) is 5.58. The summed E-state index contributed by atoms with van der Waals surface area (Å²) < 4.78 is 10.3. The minimum atomic E-state index is 0.212. The van der Waals surface area contributed by atoms with Gasteiger partial charge in [-0.15, -0.1) is 0 Å². The minimum Gasteiger partial charge on any atom is -0.497 e. The summed E-state index contributed by atoms with van der Waals surface area (Å²) in [5.74, 6) is 0.838. The van der Waals surface area contributed by atoms with Crippen LogP contribution in [0.1, 0.15) is 25.8 Å². The van der Waals surface area contributed by atoms with Crippen LogP contribution in [0.5, 0.6) is 5.75 Å². The first kappa shape index (κ1) is 15.8. The van der Waals surface area contributed by atoms with Gasteiger partial charge in [-0.1, -0.05) is 13.8 Å². The first-order chi connectivity index (χ1) is 8.98. The highest BCUT2D eigenvalue weighted by Gasteiger charge is 2.16. The molecule has 0 aromatic heterocycles. The van der Waals surface area contributed by atoms with E-state index in [1.807, 2.05) is 18.2 Å². The molecule has 0 spiro atoms. The fourth-order valence-corrected chi connectivity index (χ4v) is 1.86. The van der Waals surface area contributed by atoms with Gasteiger partial charge in [-0.05, 0) is 35.6 Å². The van der Waals surface area contributed by atoms with Gasteiger partial charge in [0.2, 0.25) is 0 Å². The molecule has 0 saturated heterocycles. The van der Waals surface area contributed by atoms with Crippen LogP contribution in [-0.2, 0) is 11.3 Å². The Bertz CT molecular complexity index is 392. The molecule has 0 amide bonds. The Morgan fingerprint density at radius 3 is 2.63 bits per heavy atom. The average molecular weight is 266 g/mol. The van der Waals surface area contributed by atoms with E-state index in [2.05, 4.69) is 19.2 Å². The first-order valence-electron chi connectivity index (χ1n) is 6.60. The van der Waals surface area contributed by atoms with E-state index < -0.39 is 0 Å². The van der Waals surface area contributed by atoms with Crippen LogP contribution in [0.25, 0.3) is 0 Å². The Kier molecular flexibility index (Phi) is 6.12. The van der Waals surface area contributed by atoms with Crippen molar-refractivity contribution in [1.82, 2.24) is 5.32 Å².